The molecule has 0 aliphatic rings. The summed E-state index contributed by atoms with van der Waals surface area (Å²) in [5, 5.41) is 8.70. The van der Waals surface area contributed by atoms with E-state index in [1.807, 2.05) is 13.8 Å². The summed E-state index contributed by atoms with van der Waals surface area (Å²) in [5.41, 5.74) is 0. The zero-order chi connectivity index (χ0) is 8.85. The molecule has 1 amide bonds. The van der Waals surface area contributed by atoms with Crippen molar-refractivity contribution < 1.29 is 9.90 Å². The van der Waals surface area contributed by atoms with E-state index in [1.165, 1.54) is 0 Å². The Morgan fingerprint density at radius 1 is 1.45 bits per heavy atom. The predicted octanol–water partition coefficient (Wildman–Crippen LogP) is 0.483. The number of carbonyl (C=O) groups excluding carboxylic acids is 1. The van der Waals surface area contributed by atoms with Crippen molar-refractivity contribution in [1.29, 1.82) is 0 Å². The smallest absolute Gasteiger partial charge is 0.227 e. The average Bonchev–Trinajstić information content (AvgIpc) is 2.05. The van der Waals surface area contributed by atoms with Crippen LogP contribution in [0.2, 0.25) is 0 Å². The van der Waals surface area contributed by atoms with Crippen molar-refractivity contribution in [3.63, 3.8) is 0 Å². The lowest BCUT2D eigenvalue weighted by Crippen LogP contribution is -2.36. The van der Waals surface area contributed by atoms with Gasteiger partial charge in [0.25, 0.3) is 0 Å². The lowest BCUT2D eigenvalue weighted by atomic mass is 10.1. The molecule has 0 aliphatic heterocycles. The van der Waals surface area contributed by atoms with Gasteiger partial charge >= 0.3 is 0 Å². The van der Waals surface area contributed by atoms with Crippen LogP contribution in [-0.2, 0) is 4.79 Å². The fourth-order valence-corrected chi connectivity index (χ4v) is 0.925. The van der Waals surface area contributed by atoms with Crippen molar-refractivity contribution in [2.24, 2.45) is 5.92 Å². The first-order valence-corrected chi connectivity index (χ1v) is 4.06. The van der Waals surface area contributed by atoms with Crippen LogP contribution in [0.25, 0.3) is 0 Å². The minimum Gasteiger partial charge on any atom is -0.396 e. The van der Waals surface area contributed by atoms with E-state index < -0.39 is 0 Å². The highest BCUT2D eigenvalue weighted by atomic mass is 16.3. The van der Waals surface area contributed by atoms with Gasteiger partial charge in [0.05, 0.1) is 12.5 Å². The molecule has 1 unspecified atom stereocenters. The van der Waals surface area contributed by atoms with Crippen molar-refractivity contribution in [3.8, 4) is 0 Å². The maximum absolute atomic E-state index is 11.3. The number of carbonyl (C=O) groups is 1. The van der Waals surface area contributed by atoms with Gasteiger partial charge in [0.1, 0.15) is 0 Å². The molecule has 0 aromatic heterocycles. The number of hydrogen-bond acceptors (Lipinski definition) is 2. The van der Waals surface area contributed by atoms with Gasteiger partial charge < -0.3 is 10.0 Å². The maximum Gasteiger partial charge on any atom is 0.227 e. The molecular weight excluding hydrogens is 142 g/mol. The average molecular weight is 159 g/mol. The van der Waals surface area contributed by atoms with Gasteiger partial charge in [-0.3, -0.25) is 4.79 Å². The molecule has 0 spiro atoms. The summed E-state index contributed by atoms with van der Waals surface area (Å²) in [6.45, 7) is 6.99. The SMILES string of the molecule is CCN(CC)C(=O)C(C)CO. The summed E-state index contributed by atoms with van der Waals surface area (Å²) in [6.07, 6.45) is 0. The summed E-state index contributed by atoms with van der Waals surface area (Å²) in [7, 11) is 0. The standard InChI is InChI=1S/C8H17NO2/c1-4-9(5-2)8(11)7(3)6-10/h7,10H,4-6H2,1-3H3. The van der Waals surface area contributed by atoms with Gasteiger partial charge in [0, 0.05) is 13.1 Å². The first-order valence-electron chi connectivity index (χ1n) is 4.06. The minimum absolute atomic E-state index is 0.0394. The Morgan fingerprint density at radius 2 is 1.91 bits per heavy atom. The van der Waals surface area contributed by atoms with Crippen molar-refractivity contribution >= 4 is 5.91 Å². The van der Waals surface area contributed by atoms with E-state index in [9.17, 15) is 4.79 Å². The van der Waals surface area contributed by atoms with E-state index in [4.69, 9.17) is 5.11 Å². The Bertz CT molecular complexity index is 121. The molecule has 66 valence electrons. The number of amides is 1. The quantitative estimate of drug-likeness (QED) is 0.648. The van der Waals surface area contributed by atoms with Crippen molar-refractivity contribution in [2.75, 3.05) is 19.7 Å². The Balaban J connectivity index is 3.97. The van der Waals surface area contributed by atoms with E-state index in [0.29, 0.717) is 0 Å². The Kier molecular flexibility index (Phi) is 4.86. The molecule has 3 nitrogen and oxygen atoms in total. The Hall–Kier alpha value is -0.570. The monoisotopic (exact) mass is 159 g/mol. The molecule has 0 radical (unpaired) electrons. The van der Waals surface area contributed by atoms with Crippen LogP contribution in [0.15, 0.2) is 0 Å². The van der Waals surface area contributed by atoms with Crippen LogP contribution in [0.5, 0.6) is 0 Å². The highest BCUT2D eigenvalue weighted by Gasteiger charge is 2.16. The maximum atomic E-state index is 11.3. The lowest BCUT2D eigenvalue weighted by molar-refractivity contribution is -0.135. The fraction of sp³-hybridized carbons (Fsp3) is 0.875. The van der Waals surface area contributed by atoms with Gasteiger partial charge in [0.2, 0.25) is 5.91 Å². The van der Waals surface area contributed by atoms with E-state index in [2.05, 4.69) is 0 Å². The van der Waals surface area contributed by atoms with Crippen LogP contribution < -0.4 is 0 Å². The number of hydrogen-bond donors (Lipinski definition) is 1. The van der Waals surface area contributed by atoms with E-state index in [1.54, 1.807) is 11.8 Å². The van der Waals surface area contributed by atoms with Gasteiger partial charge in [-0.05, 0) is 13.8 Å². The second kappa shape index (κ2) is 5.13. The van der Waals surface area contributed by atoms with Crippen LogP contribution in [-0.4, -0.2) is 35.6 Å². The van der Waals surface area contributed by atoms with Gasteiger partial charge in [-0.1, -0.05) is 6.92 Å². The van der Waals surface area contributed by atoms with Crippen molar-refractivity contribution in [1.82, 2.24) is 4.90 Å². The number of aliphatic hydroxyl groups excluding tert-OH is 1. The molecular formula is C8H17NO2. The Morgan fingerprint density at radius 3 is 2.18 bits per heavy atom. The lowest BCUT2D eigenvalue weighted by Gasteiger charge is -2.21. The first kappa shape index (κ1) is 10.4. The van der Waals surface area contributed by atoms with Crippen molar-refractivity contribution in [3.05, 3.63) is 0 Å². The van der Waals surface area contributed by atoms with Crippen LogP contribution in [0.3, 0.4) is 0 Å². The molecule has 0 fully saturated rings. The van der Waals surface area contributed by atoms with Gasteiger partial charge in [-0.25, -0.2) is 0 Å². The molecule has 11 heavy (non-hydrogen) atoms. The predicted molar refractivity (Wildman–Crippen MR) is 44.2 cm³/mol. The van der Waals surface area contributed by atoms with Gasteiger partial charge in [0.15, 0.2) is 0 Å². The van der Waals surface area contributed by atoms with E-state index in [0.717, 1.165) is 13.1 Å². The summed E-state index contributed by atoms with van der Waals surface area (Å²) in [4.78, 5) is 13.0. The summed E-state index contributed by atoms with van der Waals surface area (Å²) >= 11 is 0. The zero-order valence-corrected chi connectivity index (χ0v) is 7.50. The molecule has 3 heteroatoms. The molecule has 1 N–H and O–H groups in total. The normalized spacial score (nSPS) is 12.7. The molecule has 0 rings (SSSR count). The number of aliphatic hydroxyl groups is 1. The van der Waals surface area contributed by atoms with Crippen LogP contribution in [0, 0.1) is 5.92 Å². The Labute approximate surface area is 68.0 Å². The van der Waals surface area contributed by atoms with Crippen molar-refractivity contribution in [2.45, 2.75) is 20.8 Å². The first-order chi connectivity index (χ1) is 5.17. The molecule has 0 heterocycles. The summed E-state index contributed by atoms with van der Waals surface area (Å²) in [6, 6.07) is 0. The highest BCUT2D eigenvalue weighted by Crippen LogP contribution is 2.00. The third-order valence-electron chi connectivity index (χ3n) is 1.77. The second-order valence-corrected chi connectivity index (χ2v) is 2.59. The summed E-state index contributed by atoms with van der Waals surface area (Å²) < 4.78 is 0. The van der Waals surface area contributed by atoms with Crippen LogP contribution in [0.4, 0.5) is 0 Å². The third-order valence-corrected chi connectivity index (χ3v) is 1.77. The number of nitrogens with zero attached hydrogens (tertiary/aromatic N) is 1. The fourth-order valence-electron chi connectivity index (χ4n) is 0.925. The molecule has 0 saturated carbocycles. The van der Waals surface area contributed by atoms with Crippen LogP contribution >= 0.6 is 0 Å². The molecule has 1 atom stereocenters. The molecule has 0 aromatic rings. The zero-order valence-electron chi connectivity index (χ0n) is 7.50. The molecule has 0 saturated heterocycles. The van der Waals surface area contributed by atoms with E-state index >= 15 is 0 Å². The third kappa shape index (κ3) is 2.89. The molecule has 0 aliphatic carbocycles. The van der Waals surface area contributed by atoms with Gasteiger partial charge in [-0.15, -0.1) is 0 Å². The second-order valence-electron chi connectivity index (χ2n) is 2.59. The number of rotatable bonds is 4. The minimum atomic E-state index is -0.255. The topological polar surface area (TPSA) is 40.5 Å². The van der Waals surface area contributed by atoms with E-state index in [-0.39, 0.29) is 18.4 Å². The van der Waals surface area contributed by atoms with Gasteiger partial charge in [-0.2, -0.15) is 0 Å². The summed E-state index contributed by atoms with van der Waals surface area (Å²) in [5.74, 6) is -0.215. The largest absolute Gasteiger partial charge is 0.396 e. The molecule has 0 aromatic carbocycles. The van der Waals surface area contributed by atoms with Crippen LogP contribution in [0.1, 0.15) is 20.8 Å². The highest BCUT2D eigenvalue weighted by molar-refractivity contribution is 5.78. The molecule has 0 bridgehead atoms.